The van der Waals surface area contributed by atoms with Crippen LogP contribution in [0.25, 0.3) is 10.8 Å². The van der Waals surface area contributed by atoms with Gasteiger partial charge in [0.2, 0.25) is 11.7 Å². The van der Waals surface area contributed by atoms with Crippen LogP contribution >= 0.6 is 0 Å². The molecule has 59 heavy (non-hydrogen) atoms. The van der Waals surface area contributed by atoms with Crippen molar-refractivity contribution in [2.24, 2.45) is 28.8 Å². The number of rotatable bonds is 18. The van der Waals surface area contributed by atoms with E-state index in [2.05, 4.69) is 36.9 Å². The average Bonchev–Trinajstić information content (AvgIpc) is 4.11. The zero-order chi connectivity index (χ0) is 40.9. The van der Waals surface area contributed by atoms with Gasteiger partial charge in [-0.15, -0.1) is 6.58 Å². The number of carbonyl (C=O) groups excluding carboxylic acids is 1. The van der Waals surface area contributed by atoms with Gasteiger partial charge in [0.1, 0.15) is 36.2 Å². The highest BCUT2D eigenvalue weighted by Crippen LogP contribution is 2.62. The van der Waals surface area contributed by atoms with Crippen LogP contribution in [0.4, 0.5) is 4.39 Å². The Labute approximate surface area is 346 Å². The van der Waals surface area contributed by atoms with Crippen LogP contribution in [0.5, 0.6) is 17.2 Å². The first-order valence-electron chi connectivity index (χ1n) is 21.2. The van der Waals surface area contributed by atoms with E-state index in [9.17, 15) is 19.4 Å². The highest BCUT2D eigenvalue weighted by atomic mass is 19.1. The van der Waals surface area contributed by atoms with E-state index in [1.165, 1.54) is 12.1 Å². The molecule has 1 heterocycles. The summed E-state index contributed by atoms with van der Waals surface area (Å²) in [6.07, 6.45) is 10.6. The van der Waals surface area contributed by atoms with Crippen molar-refractivity contribution in [3.8, 4) is 17.2 Å². The highest BCUT2D eigenvalue weighted by Gasteiger charge is 2.66. The van der Waals surface area contributed by atoms with E-state index in [-0.39, 0.29) is 61.8 Å². The summed E-state index contributed by atoms with van der Waals surface area (Å²) in [4.78, 5) is 22.1. The number of ether oxygens (including phenoxy) is 3. The maximum atomic E-state index is 14.6. The van der Waals surface area contributed by atoms with Crippen molar-refractivity contribution < 1.29 is 38.4 Å². The number of aliphatic hydroxyl groups excluding tert-OH is 2. The Morgan fingerprint density at radius 2 is 1.68 bits per heavy atom. The molecule has 0 aromatic heterocycles. The molecule has 0 saturated heterocycles. The lowest BCUT2D eigenvalue weighted by Gasteiger charge is -2.60. The van der Waals surface area contributed by atoms with Crippen molar-refractivity contribution in [1.29, 1.82) is 0 Å². The summed E-state index contributed by atoms with van der Waals surface area (Å²) in [6, 6.07) is 25.9. The third kappa shape index (κ3) is 8.40. The minimum absolute atomic E-state index is 0.00682. The number of benzene rings is 4. The van der Waals surface area contributed by atoms with Gasteiger partial charge < -0.3 is 34.2 Å². The molecule has 0 unspecified atom stereocenters. The number of unbranched alkanes of at least 4 members (excludes halogenated alkanes) is 2. The number of amides is 1. The van der Waals surface area contributed by atoms with Gasteiger partial charge in [-0.1, -0.05) is 72.6 Å². The van der Waals surface area contributed by atoms with Crippen LogP contribution in [0.2, 0.25) is 0 Å². The molecule has 10 heteroatoms. The predicted molar refractivity (Wildman–Crippen MR) is 226 cm³/mol. The van der Waals surface area contributed by atoms with E-state index in [1.807, 2.05) is 41.3 Å². The fraction of sp³-hybridized carbons (Fsp3) is 0.429. The first kappa shape index (κ1) is 40.7. The minimum atomic E-state index is -1.37. The molecule has 1 amide bonds. The van der Waals surface area contributed by atoms with Crippen molar-refractivity contribution in [2.75, 3.05) is 26.9 Å². The lowest BCUT2D eigenvalue weighted by Crippen LogP contribution is -2.70. The largest absolute Gasteiger partial charge is 0.459 e. The molecule has 2 fully saturated rings. The van der Waals surface area contributed by atoms with Crippen LogP contribution in [-0.4, -0.2) is 65.5 Å². The topological polar surface area (TPSA) is 110 Å². The maximum absolute atomic E-state index is 14.6. The number of fused-ring (bicyclic) bond motifs is 3. The molecule has 310 valence electrons. The maximum Gasteiger partial charge on any atom is 0.239 e. The molecule has 4 aromatic carbocycles. The van der Waals surface area contributed by atoms with Gasteiger partial charge in [-0.3, -0.25) is 4.79 Å². The first-order valence-corrected chi connectivity index (χ1v) is 21.2. The van der Waals surface area contributed by atoms with Gasteiger partial charge in [0, 0.05) is 43.6 Å². The Kier molecular flexibility index (Phi) is 12.5. The lowest BCUT2D eigenvalue weighted by atomic mass is 9.55. The van der Waals surface area contributed by atoms with Crippen LogP contribution in [0.15, 0.2) is 114 Å². The summed E-state index contributed by atoms with van der Waals surface area (Å²) in [5, 5.41) is 26.7. The Morgan fingerprint density at radius 1 is 0.949 bits per heavy atom. The average molecular weight is 803 g/mol. The van der Waals surface area contributed by atoms with E-state index in [0.29, 0.717) is 30.8 Å². The summed E-state index contributed by atoms with van der Waals surface area (Å²) >= 11 is 0. The Bertz CT molecular complexity index is 2180. The van der Waals surface area contributed by atoms with Gasteiger partial charge >= 0.3 is 0 Å². The summed E-state index contributed by atoms with van der Waals surface area (Å²) < 4.78 is 35.3. The monoisotopic (exact) mass is 802 g/mol. The molecular formula is C49H55FN2O7. The molecule has 0 spiro atoms. The number of allylic oxidation sites excluding steroid dienone is 1. The van der Waals surface area contributed by atoms with E-state index < -0.39 is 17.7 Å². The minimum Gasteiger partial charge on any atom is -0.459 e. The standard InChI is InChI=1S/C49H55FN2O7/c1-3-26-57-49-45(52(48(55)34-16-17-34)31-32-14-19-37(50)20-15-32)30-43(51-56-2)41-28-36(12-6-8-24-53)40(13-7-9-25-54)46(47(41)49)42-29-39(22-23-44(42)59-49)58-38-21-18-33-10-4-5-11-35(33)27-38/h3-5,10-11,14-15,18-23,27-29,34,36,40,45-47,53-54H,1,6-9,12-13,16-17,24-26,30-31H2,2H3/t36-,40+,45-,46+,47+,49+/m0/s1. The molecule has 9 nitrogen and oxygen atoms in total. The van der Waals surface area contributed by atoms with Gasteiger partial charge in [0.15, 0.2) is 0 Å². The first-order chi connectivity index (χ1) is 28.9. The second-order valence-corrected chi connectivity index (χ2v) is 16.4. The van der Waals surface area contributed by atoms with Crippen molar-refractivity contribution >= 4 is 22.4 Å². The summed E-state index contributed by atoms with van der Waals surface area (Å²) in [5.74, 6) is -0.233. The Balaban J connectivity index is 1.31. The van der Waals surface area contributed by atoms with E-state index >= 15 is 0 Å². The molecule has 4 aromatic rings. The van der Waals surface area contributed by atoms with E-state index in [1.54, 1.807) is 25.3 Å². The third-order valence-corrected chi connectivity index (χ3v) is 12.7. The Morgan fingerprint density at radius 3 is 2.41 bits per heavy atom. The molecule has 2 saturated carbocycles. The van der Waals surface area contributed by atoms with Crippen molar-refractivity contribution in [1.82, 2.24) is 4.90 Å². The van der Waals surface area contributed by atoms with Crippen LogP contribution in [-0.2, 0) is 20.9 Å². The number of hydrogen-bond donors (Lipinski definition) is 2. The van der Waals surface area contributed by atoms with Crippen molar-refractivity contribution in [2.45, 2.75) is 82.1 Å². The van der Waals surface area contributed by atoms with E-state index in [0.717, 1.165) is 77.5 Å². The highest BCUT2D eigenvalue weighted by molar-refractivity contribution is 6.03. The molecule has 3 aliphatic carbocycles. The van der Waals surface area contributed by atoms with Crippen LogP contribution in [0.3, 0.4) is 0 Å². The fourth-order valence-electron chi connectivity index (χ4n) is 9.88. The molecule has 1 aliphatic heterocycles. The van der Waals surface area contributed by atoms with Crippen molar-refractivity contribution in [3.63, 3.8) is 0 Å². The predicted octanol–water partition coefficient (Wildman–Crippen LogP) is 9.47. The molecule has 4 aliphatic rings. The Hall–Kier alpha value is -5.03. The normalized spacial score (nSPS) is 25.1. The van der Waals surface area contributed by atoms with Gasteiger partial charge in [0.25, 0.3) is 0 Å². The molecule has 6 atom stereocenters. The number of aliphatic hydroxyl groups is 2. The molecule has 2 N–H and O–H groups in total. The lowest BCUT2D eigenvalue weighted by molar-refractivity contribution is -0.258. The molecule has 0 radical (unpaired) electrons. The number of nitrogens with zero attached hydrogens (tertiary/aromatic N) is 2. The molecule has 0 bridgehead atoms. The second kappa shape index (κ2) is 18.1. The van der Waals surface area contributed by atoms with Crippen molar-refractivity contribution in [3.05, 3.63) is 126 Å². The molecule has 8 rings (SSSR count). The smallest absolute Gasteiger partial charge is 0.239 e. The fourth-order valence-corrected chi connectivity index (χ4v) is 9.88. The van der Waals surface area contributed by atoms with Gasteiger partial charge in [-0.05, 0) is 115 Å². The zero-order valence-corrected chi connectivity index (χ0v) is 33.8. The van der Waals surface area contributed by atoms with Crippen LogP contribution in [0.1, 0.15) is 74.8 Å². The summed E-state index contributed by atoms with van der Waals surface area (Å²) in [5.41, 5.74) is 3.48. The number of halogens is 1. The zero-order valence-electron chi connectivity index (χ0n) is 33.8. The van der Waals surface area contributed by atoms with Crippen LogP contribution in [0, 0.1) is 29.5 Å². The summed E-state index contributed by atoms with van der Waals surface area (Å²) in [6.45, 7) is 4.65. The number of carbonyl (C=O) groups is 1. The van der Waals surface area contributed by atoms with Gasteiger partial charge in [0.05, 0.1) is 18.2 Å². The van der Waals surface area contributed by atoms with Gasteiger partial charge in [-0.2, -0.15) is 0 Å². The second-order valence-electron chi connectivity index (χ2n) is 16.4. The summed E-state index contributed by atoms with van der Waals surface area (Å²) in [7, 11) is 1.55. The van der Waals surface area contributed by atoms with E-state index in [4.69, 9.17) is 24.2 Å². The van der Waals surface area contributed by atoms with Crippen LogP contribution < -0.4 is 9.47 Å². The number of hydrogen-bond acceptors (Lipinski definition) is 8. The quantitative estimate of drug-likeness (QED) is 0.0586. The number of oxime groups is 1. The molecular weight excluding hydrogens is 748 g/mol. The third-order valence-electron chi connectivity index (χ3n) is 12.7. The SMILES string of the molecule is C=CCO[C@@]12Oc3ccc(Oc4ccc5ccccc5c4)cc3[C@H]3[C@H](CCCCO)[C@@H](CCCCO)C=C(C(=NOC)C[C@@H]1N(Cc1ccc(F)cc1)C(=O)C1CC1)[C@H]32. The van der Waals surface area contributed by atoms with Gasteiger partial charge in [-0.25, -0.2) is 4.39 Å².